The number of alkyl halides is 3. The molecule has 0 unspecified atom stereocenters. The summed E-state index contributed by atoms with van der Waals surface area (Å²) < 4.78 is 37.4. The molecule has 0 aromatic carbocycles. The molecule has 1 aliphatic rings. The molecule has 18 heavy (non-hydrogen) atoms. The maximum atomic E-state index is 12.5. The summed E-state index contributed by atoms with van der Waals surface area (Å²) in [5.74, 6) is 0.414. The first-order chi connectivity index (χ1) is 8.38. The Morgan fingerprint density at radius 1 is 1.28 bits per heavy atom. The van der Waals surface area contributed by atoms with Gasteiger partial charge in [0.2, 0.25) is 0 Å². The molecular weight excluding hydrogens is 265 g/mol. The summed E-state index contributed by atoms with van der Waals surface area (Å²) in [6.07, 6.45) is -1.95. The maximum Gasteiger partial charge on any atom is 0.417 e. The van der Waals surface area contributed by atoms with Gasteiger partial charge in [0.25, 0.3) is 0 Å². The average molecular weight is 277 g/mol. The van der Waals surface area contributed by atoms with Crippen LogP contribution in [0.3, 0.4) is 0 Å². The number of halogens is 4. The fourth-order valence-corrected chi connectivity index (χ4v) is 2.14. The Bertz CT molecular complexity index is 461. The molecule has 1 aliphatic heterocycles. The third-order valence-electron chi connectivity index (χ3n) is 2.92. The first-order valence-electron chi connectivity index (χ1n) is 5.52. The van der Waals surface area contributed by atoms with Gasteiger partial charge in [0.05, 0.1) is 10.6 Å². The fraction of sp³-hybridized carbons (Fsp3) is 0.417. The van der Waals surface area contributed by atoms with Crippen LogP contribution in [0.4, 0.5) is 19.0 Å². The van der Waals surface area contributed by atoms with E-state index in [4.69, 9.17) is 11.6 Å². The summed E-state index contributed by atoms with van der Waals surface area (Å²) in [5, 5.41) is 0.0392. The van der Waals surface area contributed by atoms with Crippen molar-refractivity contribution in [2.24, 2.45) is 0 Å². The van der Waals surface area contributed by atoms with Crippen LogP contribution in [0.25, 0.3) is 0 Å². The quantitative estimate of drug-likeness (QED) is 0.723. The molecule has 0 atom stereocenters. The third kappa shape index (κ3) is 2.77. The van der Waals surface area contributed by atoms with Gasteiger partial charge in [-0.15, -0.1) is 0 Å². The topological polar surface area (TPSA) is 16.1 Å². The predicted molar refractivity (Wildman–Crippen MR) is 64.8 cm³/mol. The monoisotopic (exact) mass is 276 g/mol. The van der Waals surface area contributed by atoms with Crippen LogP contribution in [0.1, 0.15) is 18.4 Å². The van der Waals surface area contributed by atoms with E-state index in [1.54, 1.807) is 0 Å². The molecule has 2 nitrogen and oxygen atoms in total. The van der Waals surface area contributed by atoms with Gasteiger partial charge in [-0.1, -0.05) is 23.8 Å². The van der Waals surface area contributed by atoms with Crippen LogP contribution in [0.15, 0.2) is 24.4 Å². The number of pyridine rings is 1. The summed E-state index contributed by atoms with van der Waals surface area (Å²) in [4.78, 5) is 5.72. The fourth-order valence-electron chi connectivity index (χ4n) is 1.85. The van der Waals surface area contributed by atoms with E-state index in [1.807, 2.05) is 4.90 Å². The van der Waals surface area contributed by atoms with E-state index < -0.39 is 11.7 Å². The lowest BCUT2D eigenvalue weighted by Gasteiger charge is -2.29. The van der Waals surface area contributed by atoms with Gasteiger partial charge in [-0.2, -0.15) is 13.2 Å². The molecule has 0 N–H and O–H groups in total. The lowest BCUT2D eigenvalue weighted by molar-refractivity contribution is -0.137. The molecule has 1 aromatic rings. The SMILES string of the molecule is C=C1CCN(c2ncc(C(F)(F)F)cc2Cl)CC1. The van der Waals surface area contributed by atoms with Crippen LogP contribution in [0.5, 0.6) is 0 Å². The van der Waals surface area contributed by atoms with Gasteiger partial charge in [-0.05, 0) is 18.9 Å². The molecule has 6 heteroatoms. The molecule has 1 fully saturated rings. The smallest absolute Gasteiger partial charge is 0.355 e. The molecule has 0 saturated carbocycles. The highest BCUT2D eigenvalue weighted by molar-refractivity contribution is 6.33. The number of hydrogen-bond acceptors (Lipinski definition) is 2. The van der Waals surface area contributed by atoms with Crippen LogP contribution in [-0.4, -0.2) is 18.1 Å². The van der Waals surface area contributed by atoms with Gasteiger partial charge in [0, 0.05) is 19.3 Å². The number of nitrogens with zero attached hydrogens (tertiary/aromatic N) is 2. The number of hydrogen-bond donors (Lipinski definition) is 0. The molecule has 1 saturated heterocycles. The first kappa shape index (κ1) is 13.2. The van der Waals surface area contributed by atoms with Crippen LogP contribution >= 0.6 is 11.6 Å². The minimum atomic E-state index is -4.41. The Morgan fingerprint density at radius 3 is 2.39 bits per heavy atom. The second kappa shape index (κ2) is 4.80. The molecule has 1 aromatic heterocycles. The second-order valence-electron chi connectivity index (χ2n) is 4.26. The van der Waals surface area contributed by atoms with E-state index in [9.17, 15) is 13.2 Å². The minimum Gasteiger partial charge on any atom is -0.355 e. The maximum absolute atomic E-state index is 12.5. The van der Waals surface area contributed by atoms with Crippen molar-refractivity contribution in [3.8, 4) is 0 Å². The predicted octanol–water partition coefficient (Wildman–Crippen LogP) is 3.91. The van der Waals surface area contributed by atoms with Crippen molar-refractivity contribution < 1.29 is 13.2 Å². The summed E-state index contributed by atoms with van der Waals surface area (Å²) in [7, 11) is 0. The van der Waals surface area contributed by atoms with Crippen molar-refractivity contribution in [2.45, 2.75) is 19.0 Å². The first-order valence-corrected chi connectivity index (χ1v) is 5.90. The lowest BCUT2D eigenvalue weighted by atomic mass is 10.1. The standard InChI is InChI=1S/C12H12ClF3N2/c1-8-2-4-18(5-3-8)11-10(13)6-9(7-17-11)12(14,15)16/h6-7H,1-5H2. The van der Waals surface area contributed by atoms with E-state index in [0.717, 1.165) is 30.7 Å². The number of rotatable bonds is 1. The average Bonchev–Trinajstić information content (AvgIpc) is 2.29. The van der Waals surface area contributed by atoms with Crippen LogP contribution in [0.2, 0.25) is 5.02 Å². The van der Waals surface area contributed by atoms with Gasteiger partial charge in [0.15, 0.2) is 0 Å². The van der Waals surface area contributed by atoms with Crippen molar-refractivity contribution in [2.75, 3.05) is 18.0 Å². The van der Waals surface area contributed by atoms with Crippen LogP contribution in [0, 0.1) is 0 Å². The highest BCUT2D eigenvalue weighted by Crippen LogP contribution is 2.34. The van der Waals surface area contributed by atoms with E-state index in [1.165, 1.54) is 0 Å². The zero-order chi connectivity index (χ0) is 13.3. The van der Waals surface area contributed by atoms with E-state index >= 15 is 0 Å². The molecular formula is C12H12ClF3N2. The van der Waals surface area contributed by atoms with Crippen molar-refractivity contribution in [3.63, 3.8) is 0 Å². The Morgan fingerprint density at radius 2 is 1.89 bits per heavy atom. The zero-order valence-corrected chi connectivity index (χ0v) is 10.4. The van der Waals surface area contributed by atoms with Crippen LogP contribution < -0.4 is 4.90 Å². The molecule has 0 amide bonds. The molecule has 0 radical (unpaired) electrons. The molecule has 0 aliphatic carbocycles. The molecule has 98 valence electrons. The normalized spacial score (nSPS) is 17.1. The Hall–Kier alpha value is -1.23. The van der Waals surface area contributed by atoms with Gasteiger partial charge in [0.1, 0.15) is 5.82 Å². The Balaban J connectivity index is 2.22. The van der Waals surface area contributed by atoms with Gasteiger partial charge in [-0.3, -0.25) is 0 Å². The zero-order valence-electron chi connectivity index (χ0n) is 9.60. The van der Waals surface area contributed by atoms with E-state index in [-0.39, 0.29) is 5.02 Å². The Kier molecular flexibility index (Phi) is 3.52. The largest absolute Gasteiger partial charge is 0.417 e. The highest BCUT2D eigenvalue weighted by Gasteiger charge is 2.32. The van der Waals surface area contributed by atoms with E-state index in [0.29, 0.717) is 18.9 Å². The molecule has 2 heterocycles. The molecule has 2 rings (SSSR count). The molecule has 0 spiro atoms. The van der Waals surface area contributed by atoms with Gasteiger partial charge >= 0.3 is 6.18 Å². The summed E-state index contributed by atoms with van der Waals surface area (Å²) in [6.45, 7) is 5.27. The highest BCUT2D eigenvalue weighted by atomic mass is 35.5. The summed E-state index contributed by atoms with van der Waals surface area (Å²) in [6, 6.07) is 0.924. The van der Waals surface area contributed by atoms with Crippen molar-refractivity contribution in [1.82, 2.24) is 4.98 Å². The van der Waals surface area contributed by atoms with E-state index in [2.05, 4.69) is 11.6 Å². The number of aromatic nitrogens is 1. The van der Waals surface area contributed by atoms with Crippen molar-refractivity contribution in [3.05, 3.63) is 35.0 Å². The second-order valence-corrected chi connectivity index (χ2v) is 4.67. The van der Waals surface area contributed by atoms with Crippen LogP contribution in [-0.2, 0) is 6.18 Å². The minimum absolute atomic E-state index is 0.0392. The van der Waals surface area contributed by atoms with Crippen molar-refractivity contribution in [1.29, 1.82) is 0 Å². The number of anilines is 1. The Labute approximate surface area is 108 Å². The summed E-state index contributed by atoms with van der Waals surface area (Å²) in [5.41, 5.74) is 0.326. The lowest BCUT2D eigenvalue weighted by Crippen LogP contribution is -2.31. The van der Waals surface area contributed by atoms with Crippen molar-refractivity contribution >= 4 is 17.4 Å². The third-order valence-corrected chi connectivity index (χ3v) is 3.20. The van der Waals surface area contributed by atoms with Gasteiger partial charge < -0.3 is 4.90 Å². The molecule has 0 bridgehead atoms. The number of piperidine rings is 1. The summed E-state index contributed by atoms with van der Waals surface area (Å²) >= 11 is 5.88. The van der Waals surface area contributed by atoms with Gasteiger partial charge in [-0.25, -0.2) is 4.98 Å².